The Balaban J connectivity index is 2.13. The van der Waals surface area contributed by atoms with E-state index in [1.165, 1.54) is 0 Å². The number of benzene rings is 1. The minimum Gasteiger partial charge on any atom is -0.211 e. The molecular weight excluding hydrogens is 417 g/mol. The van der Waals surface area contributed by atoms with Crippen molar-refractivity contribution in [2.24, 2.45) is 5.92 Å². The molecule has 1 aromatic rings. The summed E-state index contributed by atoms with van der Waals surface area (Å²) >= 11 is 12.5. The lowest BCUT2D eigenvalue weighted by atomic mass is 9.85. The molecule has 3 nitrogen and oxygen atoms in total. The second kappa shape index (κ2) is 6.02. The Labute approximate surface area is 135 Å². The fourth-order valence-corrected chi connectivity index (χ4v) is 5.26. The quantitative estimate of drug-likeness (QED) is 0.737. The summed E-state index contributed by atoms with van der Waals surface area (Å²) in [6.45, 7) is 2.36. The minimum atomic E-state index is -3.49. The average molecular weight is 432 g/mol. The largest absolute Gasteiger partial charge is 0.241 e. The summed E-state index contributed by atoms with van der Waals surface area (Å²) in [5.74, 6) is 0.352. The Bertz CT molecular complexity index is 586. The van der Waals surface area contributed by atoms with E-state index in [1.54, 1.807) is 12.1 Å². The van der Waals surface area contributed by atoms with E-state index in [1.807, 2.05) is 6.92 Å². The maximum Gasteiger partial charge on any atom is 0.241 e. The van der Waals surface area contributed by atoms with Gasteiger partial charge in [-0.2, -0.15) is 0 Å². The highest BCUT2D eigenvalue weighted by Gasteiger charge is 2.29. The lowest BCUT2D eigenvalue weighted by Crippen LogP contribution is -2.36. The summed E-state index contributed by atoms with van der Waals surface area (Å²) < 4.78 is 28.5. The number of hydrogen-bond donors (Lipinski definition) is 1. The van der Waals surface area contributed by atoms with E-state index in [0.29, 0.717) is 16.9 Å². The molecule has 0 aromatic heterocycles. The number of nitrogens with one attached hydrogen (secondary N) is 1. The molecule has 1 saturated carbocycles. The third-order valence-electron chi connectivity index (χ3n) is 3.24. The van der Waals surface area contributed by atoms with E-state index in [0.717, 1.165) is 22.9 Å². The van der Waals surface area contributed by atoms with Crippen LogP contribution in [-0.2, 0) is 10.0 Å². The summed E-state index contributed by atoms with van der Waals surface area (Å²) in [7, 11) is -3.49. The lowest BCUT2D eigenvalue weighted by molar-refractivity contribution is 0.324. The number of halogens is 3. The molecule has 1 fully saturated rings. The Morgan fingerprint density at radius 1 is 1.32 bits per heavy atom. The van der Waals surface area contributed by atoms with E-state index in [-0.39, 0.29) is 10.3 Å². The molecule has 106 valence electrons. The Morgan fingerprint density at radius 3 is 2.53 bits per heavy atom. The van der Waals surface area contributed by atoms with Crippen LogP contribution in [0, 0.1) is 12.8 Å². The zero-order valence-electron chi connectivity index (χ0n) is 10.3. The van der Waals surface area contributed by atoms with E-state index >= 15 is 0 Å². The van der Waals surface area contributed by atoms with Gasteiger partial charge in [0, 0.05) is 20.9 Å². The van der Waals surface area contributed by atoms with Crippen molar-refractivity contribution >= 4 is 53.5 Å². The third-order valence-corrected chi connectivity index (χ3v) is 6.84. The molecule has 1 aliphatic carbocycles. The Kier molecular flexibility index (Phi) is 4.99. The van der Waals surface area contributed by atoms with Crippen LogP contribution in [0.15, 0.2) is 26.0 Å². The number of alkyl halides is 1. The Hall–Kier alpha value is 0.380. The first kappa shape index (κ1) is 15.8. The van der Waals surface area contributed by atoms with E-state index < -0.39 is 10.0 Å². The van der Waals surface area contributed by atoms with Gasteiger partial charge in [-0.05, 0) is 59.3 Å². The fourth-order valence-electron chi connectivity index (χ4n) is 1.96. The predicted octanol–water partition coefficient (Wildman–Crippen LogP) is 3.82. The van der Waals surface area contributed by atoms with Gasteiger partial charge in [-0.3, -0.25) is 0 Å². The van der Waals surface area contributed by atoms with Crippen LogP contribution in [0.3, 0.4) is 0 Å². The third kappa shape index (κ3) is 3.73. The molecule has 1 aliphatic rings. The summed E-state index contributed by atoms with van der Waals surface area (Å²) in [6.07, 6.45) is 1.76. The first-order chi connectivity index (χ1) is 8.79. The van der Waals surface area contributed by atoms with Crippen LogP contribution in [0.25, 0.3) is 0 Å². The van der Waals surface area contributed by atoms with Crippen LogP contribution < -0.4 is 4.72 Å². The standard InChI is InChI=1S/C12H14Br2ClNO2S/c1-7-2-11(14)12(5-10(7)13)19(17,18)16-6-8-3-9(15)4-8/h2,5,8-9,16H,3-4,6H2,1H3. The molecule has 19 heavy (non-hydrogen) atoms. The zero-order valence-corrected chi connectivity index (χ0v) is 15.0. The fraction of sp³-hybridized carbons (Fsp3) is 0.500. The van der Waals surface area contributed by atoms with Crippen molar-refractivity contribution in [3.63, 3.8) is 0 Å². The molecule has 0 unspecified atom stereocenters. The molecule has 0 bridgehead atoms. The van der Waals surface area contributed by atoms with E-state index in [2.05, 4.69) is 36.6 Å². The summed E-state index contributed by atoms with van der Waals surface area (Å²) in [4.78, 5) is 0.256. The summed E-state index contributed by atoms with van der Waals surface area (Å²) in [6, 6.07) is 3.41. The molecule has 0 spiro atoms. The minimum absolute atomic E-state index is 0.203. The van der Waals surface area contributed by atoms with Gasteiger partial charge in [0.1, 0.15) is 0 Å². The summed E-state index contributed by atoms with van der Waals surface area (Å²) in [5.41, 5.74) is 0.981. The van der Waals surface area contributed by atoms with Gasteiger partial charge >= 0.3 is 0 Å². The molecule has 7 heteroatoms. The molecule has 0 heterocycles. The van der Waals surface area contributed by atoms with Gasteiger partial charge in [0.15, 0.2) is 0 Å². The zero-order chi connectivity index (χ0) is 14.2. The molecule has 0 radical (unpaired) electrons. The van der Waals surface area contributed by atoms with Gasteiger partial charge in [0.05, 0.1) is 4.90 Å². The highest BCUT2D eigenvalue weighted by molar-refractivity contribution is 9.11. The number of aryl methyl sites for hydroxylation is 1. The van der Waals surface area contributed by atoms with Gasteiger partial charge in [-0.1, -0.05) is 15.9 Å². The van der Waals surface area contributed by atoms with Crippen molar-refractivity contribution in [2.45, 2.75) is 30.0 Å². The van der Waals surface area contributed by atoms with Crippen molar-refractivity contribution in [1.82, 2.24) is 4.72 Å². The molecule has 1 N–H and O–H groups in total. The van der Waals surface area contributed by atoms with Crippen LogP contribution in [0.2, 0.25) is 0 Å². The second-order valence-electron chi connectivity index (χ2n) is 4.82. The van der Waals surface area contributed by atoms with Crippen molar-refractivity contribution in [1.29, 1.82) is 0 Å². The topological polar surface area (TPSA) is 46.2 Å². The van der Waals surface area contributed by atoms with Gasteiger partial charge in [-0.15, -0.1) is 11.6 Å². The average Bonchev–Trinajstić information content (AvgIpc) is 2.27. The maximum absolute atomic E-state index is 12.2. The van der Waals surface area contributed by atoms with Gasteiger partial charge < -0.3 is 0 Å². The number of rotatable bonds is 4. The molecule has 0 amide bonds. The van der Waals surface area contributed by atoms with Crippen LogP contribution in [0.1, 0.15) is 18.4 Å². The van der Waals surface area contributed by atoms with Crippen molar-refractivity contribution in [2.75, 3.05) is 6.54 Å². The molecule has 0 atom stereocenters. The predicted molar refractivity (Wildman–Crippen MR) is 84.1 cm³/mol. The van der Waals surface area contributed by atoms with Crippen molar-refractivity contribution < 1.29 is 8.42 Å². The first-order valence-corrected chi connectivity index (χ1v) is 9.39. The van der Waals surface area contributed by atoms with E-state index in [9.17, 15) is 8.42 Å². The van der Waals surface area contributed by atoms with Crippen LogP contribution in [-0.4, -0.2) is 20.3 Å². The van der Waals surface area contributed by atoms with Gasteiger partial charge in [0.2, 0.25) is 10.0 Å². The molecule has 0 saturated heterocycles. The van der Waals surface area contributed by atoms with Gasteiger partial charge in [-0.25, -0.2) is 13.1 Å². The molecular formula is C12H14Br2ClNO2S. The van der Waals surface area contributed by atoms with Crippen LogP contribution in [0.4, 0.5) is 0 Å². The second-order valence-corrected chi connectivity index (χ2v) is 8.88. The first-order valence-electron chi connectivity index (χ1n) is 5.89. The van der Waals surface area contributed by atoms with Gasteiger partial charge in [0.25, 0.3) is 0 Å². The molecule has 0 aliphatic heterocycles. The monoisotopic (exact) mass is 429 g/mol. The number of hydrogen-bond acceptors (Lipinski definition) is 2. The highest BCUT2D eigenvalue weighted by Crippen LogP contribution is 2.32. The normalized spacial score (nSPS) is 23.2. The summed E-state index contributed by atoms with van der Waals surface area (Å²) in [5, 5.41) is 0.203. The van der Waals surface area contributed by atoms with Crippen molar-refractivity contribution in [3.8, 4) is 0 Å². The number of sulfonamides is 1. The van der Waals surface area contributed by atoms with Crippen LogP contribution in [0.5, 0.6) is 0 Å². The highest BCUT2D eigenvalue weighted by atomic mass is 79.9. The van der Waals surface area contributed by atoms with Crippen LogP contribution >= 0.6 is 43.5 Å². The molecule has 1 aromatic carbocycles. The lowest BCUT2D eigenvalue weighted by Gasteiger charge is -2.30. The van der Waals surface area contributed by atoms with E-state index in [4.69, 9.17) is 11.6 Å². The maximum atomic E-state index is 12.2. The Morgan fingerprint density at radius 2 is 1.95 bits per heavy atom. The molecule has 2 rings (SSSR count). The SMILES string of the molecule is Cc1cc(Br)c(S(=O)(=O)NCC2CC(Cl)C2)cc1Br. The smallest absolute Gasteiger partial charge is 0.211 e. The van der Waals surface area contributed by atoms with Crippen molar-refractivity contribution in [3.05, 3.63) is 26.6 Å².